The summed E-state index contributed by atoms with van der Waals surface area (Å²) in [4.78, 5) is 26.3. The molecule has 1 heterocycles. The SMILES string of the molecule is CC(C)(O)CNC(=O)c1[c]c(C(N)=O)nc(Cl)c1. The minimum absolute atomic E-state index is 0.0315. The number of primary amides is 1. The number of halogens is 1. The van der Waals surface area contributed by atoms with Gasteiger partial charge in [0.25, 0.3) is 11.8 Å². The Labute approximate surface area is 109 Å². The van der Waals surface area contributed by atoms with E-state index in [0.29, 0.717) is 0 Å². The van der Waals surface area contributed by atoms with Gasteiger partial charge in [0, 0.05) is 12.6 Å². The Morgan fingerprint density at radius 1 is 1.61 bits per heavy atom. The van der Waals surface area contributed by atoms with E-state index in [1.54, 1.807) is 13.8 Å². The minimum atomic E-state index is -1.04. The Morgan fingerprint density at radius 3 is 2.72 bits per heavy atom. The van der Waals surface area contributed by atoms with E-state index in [4.69, 9.17) is 17.3 Å². The van der Waals surface area contributed by atoms with Crippen molar-refractivity contribution in [3.63, 3.8) is 0 Å². The second kappa shape index (κ2) is 5.32. The number of nitrogens with one attached hydrogen (secondary N) is 1. The highest BCUT2D eigenvalue weighted by Gasteiger charge is 2.17. The first-order valence-corrected chi connectivity index (χ1v) is 5.47. The summed E-state index contributed by atoms with van der Waals surface area (Å²) in [6, 6.07) is 3.71. The van der Waals surface area contributed by atoms with E-state index in [9.17, 15) is 14.7 Å². The smallest absolute Gasteiger partial charge is 0.268 e. The van der Waals surface area contributed by atoms with Gasteiger partial charge in [-0.2, -0.15) is 0 Å². The maximum Gasteiger partial charge on any atom is 0.268 e. The Kier molecular flexibility index (Phi) is 4.26. The van der Waals surface area contributed by atoms with Gasteiger partial charge in [-0.15, -0.1) is 0 Å². The summed E-state index contributed by atoms with van der Waals surface area (Å²) in [5.74, 6) is -1.35. The minimum Gasteiger partial charge on any atom is -0.389 e. The summed E-state index contributed by atoms with van der Waals surface area (Å²) in [6.07, 6.45) is 0. The molecule has 0 aromatic carbocycles. The average molecular weight is 271 g/mol. The number of hydrogen-bond donors (Lipinski definition) is 3. The molecule has 0 aliphatic heterocycles. The molecule has 4 N–H and O–H groups in total. The van der Waals surface area contributed by atoms with Crippen LogP contribution < -0.4 is 11.1 Å². The summed E-state index contributed by atoms with van der Waals surface area (Å²) in [5.41, 5.74) is 3.81. The van der Waals surface area contributed by atoms with Crippen molar-refractivity contribution < 1.29 is 14.7 Å². The van der Waals surface area contributed by atoms with Gasteiger partial charge in [-0.25, -0.2) is 4.98 Å². The van der Waals surface area contributed by atoms with Gasteiger partial charge in [0.05, 0.1) is 11.2 Å². The van der Waals surface area contributed by atoms with Crippen LogP contribution in [0.15, 0.2) is 6.07 Å². The predicted octanol–water partition coefficient (Wildman–Crippen LogP) is 0.135. The number of pyridine rings is 1. The van der Waals surface area contributed by atoms with E-state index >= 15 is 0 Å². The summed E-state index contributed by atoms with van der Waals surface area (Å²) in [7, 11) is 0. The molecular formula is C11H13ClN3O3. The number of aromatic nitrogens is 1. The number of aliphatic hydroxyl groups is 1. The number of amides is 2. The number of nitrogens with two attached hydrogens (primary N) is 1. The Morgan fingerprint density at radius 2 is 2.22 bits per heavy atom. The van der Waals surface area contributed by atoms with Crippen molar-refractivity contribution in [2.24, 2.45) is 5.73 Å². The van der Waals surface area contributed by atoms with Crippen LogP contribution in [0.2, 0.25) is 5.15 Å². The van der Waals surface area contributed by atoms with Crippen LogP contribution in [-0.2, 0) is 0 Å². The van der Waals surface area contributed by atoms with E-state index in [2.05, 4.69) is 16.4 Å². The Bertz CT molecular complexity index is 483. The molecule has 0 unspecified atom stereocenters. The molecule has 1 rings (SSSR count). The van der Waals surface area contributed by atoms with Crippen LogP contribution >= 0.6 is 11.6 Å². The monoisotopic (exact) mass is 270 g/mol. The highest BCUT2D eigenvalue weighted by Crippen LogP contribution is 2.10. The number of hydrogen-bond acceptors (Lipinski definition) is 4. The van der Waals surface area contributed by atoms with Crippen LogP contribution in [0.1, 0.15) is 34.7 Å². The predicted molar refractivity (Wildman–Crippen MR) is 65.2 cm³/mol. The van der Waals surface area contributed by atoms with E-state index in [-0.39, 0.29) is 23.0 Å². The number of rotatable bonds is 4. The lowest BCUT2D eigenvalue weighted by atomic mass is 10.1. The van der Waals surface area contributed by atoms with Gasteiger partial charge in [-0.05, 0) is 19.9 Å². The molecule has 0 spiro atoms. The van der Waals surface area contributed by atoms with Crippen LogP contribution in [0.25, 0.3) is 0 Å². The number of carbonyl (C=O) groups is 2. The van der Waals surface area contributed by atoms with Gasteiger partial charge in [0.15, 0.2) is 0 Å². The molecule has 0 bridgehead atoms. The fraction of sp³-hybridized carbons (Fsp3) is 0.364. The van der Waals surface area contributed by atoms with Crippen molar-refractivity contribution in [3.05, 3.63) is 28.5 Å². The van der Waals surface area contributed by atoms with Gasteiger partial charge in [0.2, 0.25) is 0 Å². The molecular weight excluding hydrogens is 258 g/mol. The fourth-order valence-electron chi connectivity index (χ4n) is 1.08. The number of carbonyl (C=O) groups excluding carboxylic acids is 2. The van der Waals surface area contributed by atoms with Crippen molar-refractivity contribution in [1.29, 1.82) is 0 Å². The molecule has 1 aromatic heterocycles. The third kappa shape index (κ3) is 4.31. The molecule has 0 fully saturated rings. The third-order valence-corrected chi connectivity index (χ3v) is 2.09. The Hall–Kier alpha value is -1.66. The molecule has 2 amide bonds. The van der Waals surface area contributed by atoms with Gasteiger partial charge < -0.3 is 16.2 Å². The molecule has 97 valence electrons. The zero-order chi connectivity index (χ0) is 13.9. The first kappa shape index (κ1) is 14.4. The second-order valence-electron chi connectivity index (χ2n) is 4.33. The van der Waals surface area contributed by atoms with E-state index in [1.165, 1.54) is 6.07 Å². The van der Waals surface area contributed by atoms with Crippen molar-refractivity contribution in [2.75, 3.05) is 6.54 Å². The molecule has 7 heteroatoms. The summed E-state index contributed by atoms with van der Waals surface area (Å²) >= 11 is 5.66. The van der Waals surface area contributed by atoms with Crippen LogP contribution in [0.4, 0.5) is 0 Å². The first-order chi connectivity index (χ1) is 8.19. The molecule has 0 atom stereocenters. The van der Waals surface area contributed by atoms with Crippen LogP contribution in [0, 0.1) is 6.07 Å². The second-order valence-corrected chi connectivity index (χ2v) is 4.71. The lowest BCUT2D eigenvalue weighted by molar-refractivity contribution is 0.0694. The maximum absolute atomic E-state index is 11.7. The van der Waals surface area contributed by atoms with Crippen molar-refractivity contribution in [3.8, 4) is 0 Å². The molecule has 0 saturated carbocycles. The molecule has 0 aliphatic carbocycles. The highest BCUT2D eigenvalue weighted by atomic mass is 35.5. The summed E-state index contributed by atoms with van der Waals surface area (Å²) in [6.45, 7) is 3.14. The zero-order valence-corrected chi connectivity index (χ0v) is 10.7. The summed E-state index contributed by atoms with van der Waals surface area (Å²) < 4.78 is 0. The third-order valence-electron chi connectivity index (χ3n) is 1.89. The fourth-order valence-corrected chi connectivity index (χ4v) is 1.27. The molecule has 18 heavy (non-hydrogen) atoms. The maximum atomic E-state index is 11.7. The lowest BCUT2D eigenvalue weighted by Gasteiger charge is -2.17. The lowest BCUT2D eigenvalue weighted by Crippen LogP contribution is -2.38. The topological polar surface area (TPSA) is 105 Å². The normalized spacial score (nSPS) is 11.1. The van der Waals surface area contributed by atoms with Crippen molar-refractivity contribution in [2.45, 2.75) is 19.4 Å². The van der Waals surface area contributed by atoms with E-state index in [1.807, 2.05) is 0 Å². The van der Waals surface area contributed by atoms with Gasteiger partial charge in [-0.3, -0.25) is 9.59 Å². The molecule has 1 radical (unpaired) electrons. The Balaban J connectivity index is 2.89. The summed E-state index contributed by atoms with van der Waals surface area (Å²) in [5, 5.41) is 11.9. The number of nitrogens with zero attached hydrogens (tertiary/aromatic N) is 1. The van der Waals surface area contributed by atoms with Gasteiger partial charge in [0.1, 0.15) is 10.8 Å². The van der Waals surface area contributed by atoms with E-state index < -0.39 is 17.4 Å². The quantitative estimate of drug-likeness (QED) is 0.677. The van der Waals surface area contributed by atoms with Gasteiger partial charge in [-0.1, -0.05) is 11.6 Å². The van der Waals surface area contributed by atoms with Crippen molar-refractivity contribution in [1.82, 2.24) is 10.3 Å². The standard InChI is InChI=1S/C11H13ClN3O3/c1-11(2,18)5-14-10(17)6-3-7(9(13)16)15-8(12)4-6/h4,18H,5H2,1-2H3,(H2,13,16)(H,14,17). The van der Waals surface area contributed by atoms with Crippen LogP contribution in [0.3, 0.4) is 0 Å². The van der Waals surface area contributed by atoms with Gasteiger partial charge >= 0.3 is 0 Å². The molecule has 0 saturated heterocycles. The molecule has 0 aliphatic rings. The zero-order valence-electron chi connectivity index (χ0n) is 9.95. The van der Waals surface area contributed by atoms with Crippen molar-refractivity contribution >= 4 is 23.4 Å². The van der Waals surface area contributed by atoms with Crippen LogP contribution in [-0.4, -0.2) is 34.1 Å². The molecule has 1 aromatic rings. The highest BCUT2D eigenvalue weighted by molar-refractivity contribution is 6.30. The first-order valence-electron chi connectivity index (χ1n) is 5.09. The average Bonchev–Trinajstić information content (AvgIpc) is 2.23. The molecule has 6 nitrogen and oxygen atoms in total. The largest absolute Gasteiger partial charge is 0.389 e. The van der Waals surface area contributed by atoms with E-state index in [0.717, 1.165) is 0 Å². The van der Waals surface area contributed by atoms with Crippen LogP contribution in [0.5, 0.6) is 0 Å².